The normalized spacial score (nSPS) is 11.6. The molecule has 0 fully saturated rings. The Morgan fingerprint density at radius 2 is 1.88 bits per heavy atom. The number of aromatic nitrogens is 3. The number of carbonyl (C=O) groups is 1. The Balaban J connectivity index is 1.51. The quantitative estimate of drug-likeness (QED) is 0.315. The first-order valence-electron chi connectivity index (χ1n) is 9.78. The van der Waals surface area contributed by atoms with E-state index in [4.69, 9.17) is 9.47 Å². The topological polar surface area (TPSA) is 109 Å². The van der Waals surface area contributed by atoms with Gasteiger partial charge in [-0.05, 0) is 30.3 Å². The van der Waals surface area contributed by atoms with Gasteiger partial charge in [0.15, 0.2) is 9.58 Å². The Bertz CT molecular complexity index is 1530. The van der Waals surface area contributed by atoms with Gasteiger partial charge in [0.1, 0.15) is 23.1 Å². The standard InChI is InChI=1S/C23H18N4O4S/c1-13-9-14-3-4-16(11-20(14)32(13)23(29)25-21-12-22(28)27-26-21)31-19-7-8-24-18-10-15(30-2)5-6-17(18)19/h3-12H,1-2H3,(H2-,25,26,27,28,29)/p+1. The molecule has 32 heavy (non-hydrogen) atoms. The van der Waals surface area contributed by atoms with Gasteiger partial charge < -0.3 is 9.47 Å². The van der Waals surface area contributed by atoms with E-state index in [1.165, 1.54) is 6.07 Å². The number of pyridine rings is 1. The van der Waals surface area contributed by atoms with Crippen molar-refractivity contribution in [3.63, 3.8) is 0 Å². The van der Waals surface area contributed by atoms with Crippen molar-refractivity contribution in [2.75, 3.05) is 12.4 Å². The van der Waals surface area contributed by atoms with Crippen LogP contribution in [0.5, 0.6) is 17.2 Å². The maximum absolute atomic E-state index is 13.0. The minimum atomic E-state index is -0.816. The predicted octanol–water partition coefficient (Wildman–Crippen LogP) is 5.34. The Labute approximate surface area is 184 Å². The fraction of sp³-hybridized carbons (Fsp3) is 0.0870. The Morgan fingerprint density at radius 1 is 1.03 bits per heavy atom. The van der Waals surface area contributed by atoms with Crippen LogP contribution in [0.2, 0.25) is 0 Å². The number of benzene rings is 2. The van der Waals surface area contributed by atoms with Crippen molar-refractivity contribution in [1.82, 2.24) is 15.2 Å². The predicted molar refractivity (Wildman–Crippen MR) is 125 cm³/mol. The van der Waals surface area contributed by atoms with Gasteiger partial charge in [-0.15, -0.1) is 0 Å². The lowest BCUT2D eigenvalue weighted by atomic mass is 10.2. The van der Waals surface area contributed by atoms with Gasteiger partial charge in [-0.2, -0.15) is 0 Å². The zero-order chi connectivity index (χ0) is 22.2. The number of hydrogen-bond acceptors (Lipinski definition) is 5. The molecule has 2 aromatic carbocycles. The lowest BCUT2D eigenvalue weighted by Gasteiger charge is -2.09. The molecule has 0 aliphatic heterocycles. The molecule has 9 heteroatoms. The zero-order valence-corrected chi connectivity index (χ0v) is 18.1. The maximum atomic E-state index is 13.0. The molecule has 3 N–H and O–H groups in total. The molecule has 0 saturated carbocycles. The molecule has 0 radical (unpaired) electrons. The van der Waals surface area contributed by atoms with Crippen LogP contribution < -0.4 is 20.3 Å². The highest BCUT2D eigenvalue weighted by Crippen LogP contribution is 2.40. The van der Waals surface area contributed by atoms with E-state index in [-0.39, 0.29) is 10.8 Å². The average molecular weight is 447 g/mol. The van der Waals surface area contributed by atoms with Crippen LogP contribution in [-0.2, 0) is 0 Å². The smallest absolute Gasteiger partial charge is 0.462 e. The Hall–Kier alpha value is -4.11. The molecule has 1 amide bonds. The number of methoxy groups -OCH3 is 1. The molecular formula is C23H19N4O4S+. The molecule has 5 aromatic rings. The number of nitrogens with one attached hydrogen (secondary N) is 3. The third kappa shape index (κ3) is 3.58. The second kappa shape index (κ2) is 7.86. The van der Waals surface area contributed by atoms with Crippen LogP contribution in [0.1, 0.15) is 4.88 Å². The molecule has 0 aliphatic rings. The van der Waals surface area contributed by atoms with Crippen molar-refractivity contribution in [3.05, 3.63) is 76.0 Å². The summed E-state index contributed by atoms with van der Waals surface area (Å²) < 4.78 is 12.3. The molecule has 0 aliphatic carbocycles. The van der Waals surface area contributed by atoms with Gasteiger partial charge in [0.25, 0.3) is 5.56 Å². The van der Waals surface area contributed by atoms with Crippen molar-refractivity contribution in [1.29, 1.82) is 0 Å². The highest BCUT2D eigenvalue weighted by molar-refractivity contribution is 7.56. The summed E-state index contributed by atoms with van der Waals surface area (Å²) in [6.07, 6.45) is 1.69. The summed E-state index contributed by atoms with van der Waals surface area (Å²) >= 11 is 0. The molecule has 3 heterocycles. The van der Waals surface area contributed by atoms with Crippen LogP contribution >= 0.6 is 10.5 Å². The number of nitrogens with zero attached hydrogens (tertiary/aromatic N) is 1. The third-order valence-corrected chi connectivity index (χ3v) is 7.07. The van der Waals surface area contributed by atoms with Crippen molar-refractivity contribution in [3.8, 4) is 17.2 Å². The van der Waals surface area contributed by atoms with E-state index in [0.29, 0.717) is 17.3 Å². The van der Waals surface area contributed by atoms with Gasteiger partial charge in [-0.1, -0.05) is 0 Å². The number of hydrogen-bond donors (Lipinski definition) is 3. The highest BCUT2D eigenvalue weighted by atomic mass is 32.2. The van der Waals surface area contributed by atoms with E-state index in [1.54, 1.807) is 19.4 Å². The molecule has 0 bridgehead atoms. The monoisotopic (exact) mass is 447 g/mol. The molecule has 1 atom stereocenters. The van der Waals surface area contributed by atoms with E-state index in [2.05, 4.69) is 20.5 Å². The van der Waals surface area contributed by atoms with Gasteiger partial charge in [0.2, 0.25) is 0 Å². The van der Waals surface area contributed by atoms with E-state index >= 15 is 0 Å². The second-order valence-corrected chi connectivity index (χ2v) is 9.21. The van der Waals surface area contributed by atoms with Crippen LogP contribution in [-0.4, -0.2) is 27.5 Å². The first-order valence-corrected chi connectivity index (χ1v) is 11.0. The van der Waals surface area contributed by atoms with Crippen molar-refractivity contribution in [2.24, 2.45) is 0 Å². The first-order chi connectivity index (χ1) is 15.5. The molecule has 160 valence electrons. The number of aromatic amines is 2. The summed E-state index contributed by atoms with van der Waals surface area (Å²) in [6, 6.07) is 16.4. The number of rotatable bonds is 5. The Kier molecular flexibility index (Phi) is 4.87. The fourth-order valence-electron chi connectivity index (χ4n) is 3.58. The second-order valence-electron chi connectivity index (χ2n) is 7.14. The van der Waals surface area contributed by atoms with E-state index in [9.17, 15) is 9.59 Å². The molecule has 1 unspecified atom stereocenters. The maximum Gasteiger partial charge on any atom is 0.462 e. The first kappa shape index (κ1) is 19.8. The number of ether oxygens (including phenoxy) is 2. The number of thiophene rings is 1. The molecule has 5 rings (SSSR count). The van der Waals surface area contributed by atoms with E-state index in [1.807, 2.05) is 49.4 Å². The SMILES string of the molecule is COc1ccc2c(Oc3ccc4cc(C)[s+](C(=O)Nc5cc(=O)[nH][nH]5)c4c3)ccnc2c1. The van der Waals surface area contributed by atoms with E-state index in [0.717, 1.165) is 31.6 Å². The molecule has 0 saturated heterocycles. The average Bonchev–Trinajstić information content (AvgIpc) is 3.34. The number of fused-ring (bicyclic) bond motifs is 2. The summed E-state index contributed by atoms with van der Waals surface area (Å²) in [6.45, 7) is 1.92. The van der Waals surface area contributed by atoms with Crippen LogP contribution in [0.3, 0.4) is 0 Å². The van der Waals surface area contributed by atoms with Gasteiger partial charge in [0.05, 0.1) is 23.1 Å². The van der Waals surface area contributed by atoms with Crippen molar-refractivity contribution >= 4 is 42.5 Å². The van der Waals surface area contributed by atoms with Crippen molar-refractivity contribution < 1.29 is 14.3 Å². The van der Waals surface area contributed by atoms with Crippen LogP contribution in [0.25, 0.3) is 21.0 Å². The lowest BCUT2D eigenvalue weighted by molar-refractivity contribution is 0.269. The minimum Gasteiger partial charge on any atom is -0.497 e. The lowest BCUT2D eigenvalue weighted by Crippen LogP contribution is -2.06. The van der Waals surface area contributed by atoms with Gasteiger partial charge >= 0.3 is 5.24 Å². The van der Waals surface area contributed by atoms with E-state index < -0.39 is 10.5 Å². The van der Waals surface area contributed by atoms with Crippen LogP contribution in [0.4, 0.5) is 10.6 Å². The molecular weight excluding hydrogens is 428 g/mol. The number of carbonyl (C=O) groups excluding carboxylic acids is 1. The fourth-order valence-corrected chi connectivity index (χ4v) is 5.47. The largest absolute Gasteiger partial charge is 0.497 e. The third-order valence-electron chi connectivity index (χ3n) is 5.04. The number of amides is 1. The van der Waals surface area contributed by atoms with Gasteiger partial charge in [-0.3, -0.25) is 25.3 Å². The number of aryl methyl sites for hydroxylation is 1. The molecule has 0 spiro atoms. The van der Waals surface area contributed by atoms with Gasteiger partial charge in [0, 0.05) is 48.2 Å². The van der Waals surface area contributed by atoms with Gasteiger partial charge in [-0.25, -0.2) is 4.79 Å². The number of H-pyrrole nitrogens is 2. The van der Waals surface area contributed by atoms with Crippen molar-refractivity contribution in [2.45, 2.75) is 6.92 Å². The van der Waals surface area contributed by atoms with Crippen LogP contribution in [0, 0.1) is 6.92 Å². The summed E-state index contributed by atoms with van der Waals surface area (Å²) in [4.78, 5) is 29.6. The zero-order valence-electron chi connectivity index (χ0n) is 17.3. The summed E-state index contributed by atoms with van der Waals surface area (Å²) in [5.41, 5.74) is 0.459. The molecule has 3 aromatic heterocycles. The highest BCUT2D eigenvalue weighted by Gasteiger charge is 2.27. The summed E-state index contributed by atoms with van der Waals surface area (Å²) in [5.74, 6) is 2.34. The molecule has 8 nitrogen and oxygen atoms in total. The Morgan fingerprint density at radius 3 is 2.66 bits per heavy atom. The minimum absolute atomic E-state index is 0.202. The van der Waals surface area contributed by atoms with Crippen LogP contribution in [0.15, 0.2) is 65.6 Å². The number of anilines is 1. The summed E-state index contributed by atoms with van der Waals surface area (Å²) in [7, 11) is 0.798. The summed E-state index contributed by atoms with van der Waals surface area (Å²) in [5, 5.41) is 9.45.